The molecule has 23 heavy (non-hydrogen) atoms. The summed E-state index contributed by atoms with van der Waals surface area (Å²) in [5, 5.41) is 11.1. The zero-order chi connectivity index (χ0) is 18.9. The molecule has 0 spiro atoms. The topological polar surface area (TPSA) is 37.3 Å². The van der Waals surface area contributed by atoms with Gasteiger partial charge in [0.25, 0.3) is 0 Å². The molecule has 2 saturated carbocycles. The van der Waals surface area contributed by atoms with Crippen molar-refractivity contribution in [3.63, 3.8) is 0 Å². The number of hydrogen-bond acceptors (Lipinski definition) is 2. The molecule has 6 atom stereocenters. The van der Waals surface area contributed by atoms with Crippen LogP contribution in [0.25, 0.3) is 0 Å². The lowest BCUT2D eigenvalue weighted by Gasteiger charge is -2.55. The maximum Gasteiger partial charge on any atom is 0.137 e. The molecular formula is C21H28O2. The second-order valence-electron chi connectivity index (χ2n) is 8.44. The van der Waals surface area contributed by atoms with Crippen LogP contribution in [0.2, 0.25) is 0 Å². The van der Waals surface area contributed by atoms with Gasteiger partial charge < -0.3 is 5.11 Å². The summed E-state index contributed by atoms with van der Waals surface area (Å²) >= 11 is 0. The van der Waals surface area contributed by atoms with E-state index < -0.39 is 23.8 Å². The second kappa shape index (κ2) is 4.96. The van der Waals surface area contributed by atoms with Crippen LogP contribution in [0.15, 0.2) is 11.1 Å². The first kappa shape index (κ1) is 12.3. The van der Waals surface area contributed by atoms with Gasteiger partial charge >= 0.3 is 0 Å². The highest BCUT2D eigenvalue weighted by molar-refractivity contribution is 5.82. The monoisotopic (exact) mass is 316 g/mol. The molecule has 0 aromatic carbocycles. The fraction of sp³-hybridized carbons (Fsp3) is 0.762. The van der Waals surface area contributed by atoms with Gasteiger partial charge in [0.15, 0.2) is 0 Å². The highest BCUT2D eigenvalue weighted by Gasteiger charge is 2.62. The molecule has 0 aromatic rings. The lowest BCUT2D eigenvalue weighted by atomic mass is 9.51. The van der Waals surface area contributed by atoms with Crippen molar-refractivity contribution in [2.75, 3.05) is 0 Å². The Morgan fingerprint density at radius 3 is 2.91 bits per heavy atom. The molecule has 0 unspecified atom stereocenters. The van der Waals surface area contributed by atoms with E-state index in [-0.39, 0.29) is 23.5 Å². The minimum Gasteiger partial charge on any atom is -0.377 e. The molecule has 0 aliphatic heterocycles. The fourth-order valence-corrected chi connectivity index (χ4v) is 6.36. The van der Waals surface area contributed by atoms with E-state index in [1.807, 2.05) is 0 Å². The van der Waals surface area contributed by atoms with Crippen LogP contribution in [0, 0.1) is 41.4 Å². The summed E-state index contributed by atoms with van der Waals surface area (Å²) in [4.78, 5) is 12.0. The van der Waals surface area contributed by atoms with E-state index in [0.29, 0.717) is 25.7 Å². The first-order chi connectivity index (χ1) is 12.1. The fourth-order valence-electron chi connectivity index (χ4n) is 6.36. The van der Waals surface area contributed by atoms with Crippen LogP contribution in [0.5, 0.6) is 0 Å². The van der Waals surface area contributed by atoms with E-state index >= 15 is 0 Å². The van der Waals surface area contributed by atoms with E-state index in [1.165, 1.54) is 5.57 Å². The Morgan fingerprint density at radius 2 is 2.17 bits per heavy atom. The molecule has 0 amide bonds. The number of ketones is 1. The van der Waals surface area contributed by atoms with Crippen molar-refractivity contribution in [2.24, 2.45) is 29.1 Å². The Kier molecular flexibility index (Phi) is 2.66. The average molecular weight is 316 g/mol. The van der Waals surface area contributed by atoms with Gasteiger partial charge in [-0.3, -0.25) is 4.79 Å². The minimum absolute atomic E-state index is 0.0376. The number of terminal acetylenes is 1. The van der Waals surface area contributed by atoms with Gasteiger partial charge in [0.05, 0.1) is 0 Å². The first-order valence-corrected chi connectivity index (χ1v) is 9.03. The summed E-state index contributed by atoms with van der Waals surface area (Å²) in [7, 11) is 0. The van der Waals surface area contributed by atoms with Crippen molar-refractivity contribution in [1.82, 2.24) is 0 Å². The predicted molar refractivity (Wildman–Crippen MR) is 90.5 cm³/mol. The quantitative estimate of drug-likeness (QED) is 0.418. The molecular weight excluding hydrogens is 285 g/mol. The van der Waals surface area contributed by atoms with E-state index in [4.69, 9.17) is 10.5 Å². The number of fused-ring (bicyclic) bond motifs is 4. The van der Waals surface area contributed by atoms with Crippen molar-refractivity contribution in [1.29, 1.82) is 0 Å². The van der Waals surface area contributed by atoms with Crippen LogP contribution in [0.4, 0.5) is 0 Å². The van der Waals surface area contributed by atoms with Gasteiger partial charge in [-0.25, -0.2) is 0 Å². The Bertz CT molecular complexity index is 716. The molecule has 2 nitrogen and oxygen atoms in total. The Balaban J connectivity index is 1.79. The molecule has 2 fully saturated rings. The Morgan fingerprint density at radius 1 is 1.35 bits per heavy atom. The smallest absolute Gasteiger partial charge is 0.137 e. The zero-order valence-corrected chi connectivity index (χ0v) is 13.9. The van der Waals surface area contributed by atoms with Gasteiger partial charge in [-0.05, 0) is 62.2 Å². The lowest BCUT2D eigenvalue weighted by molar-refractivity contribution is -0.119. The first-order valence-electron chi connectivity index (χ1n) is 10.5. The molecule has 0 bridgehead atoms. The maximum atomic E-state index is 12.0. The number of rotatable bonds is 0. The second-order valence-corrected chi connectivity index (χ2v) is 8.44. The maximum absolute atomic E-state index is 12.0. The Labute approximate surface area is 143 Å². The summed E-state index contributed by atoms with van der Waals surface area (Å²) in [6.07, 6.45) is 11.1. The van der Waals surface area contributed by atoms with Crippen LogP contribution in [0.1, 0.15) is 69.3 Å². The summed E-state index contributed by atoms with van der Waals surface area (Å²) in [6.45, 7) is 0.0304. The molecule has 4 rings (SSSR count). The van der Waals surface area contributed by atoms with Crippen molar-refractivity contribution >= 4 is 5.78 Å². The molecule has 0 radical (unpaired) electrons. The molecule has 0 aromatic heterocycles. The van der Waals surface area contributed by atoms with Gasteiger partial charge in [0.1, 0.15) is 11.4 Å². The number of carbonyl (C=O) groups excluding carboxylic acids is 1. The van der Waals surface area contributed by atoms with Crippen molar-refractivity contribution in [3.8, 4) is 12.3 Å². The van der Waals surface area contributed by atoms with Crippen LogP contribution >= 0.6 is 0 Å². The van der Waals surface area contributed by atoms with Crippen LogP contribution < -0.4 is 0 Å². The summed E-state index contributed by atoms with van der Waals surface area (Å²) < 4.78 is 24.6. The van der Waals surface area contributed by atoms with Crippen molar-refractivity contribution in [3.05, 3.63) is 11.1 Å². The third-order valence-corrected chi connectivity index (χ3v) is 7.64. The molecule has 4 aliphatic carbocycles. The van der Waals surface area contributed by atoms with E-state index in [2.05, 4.69) is 12.8 Å². The molecule has 1 N–H and O–H groups in total. The molecule has 0 heterocycles. The number of hydrogen-bond donors (Lipinski definition) is 1. The third-order valence-electron chi connectivity index (χ3n) is 7.64. The average Bonchev–Trinajstić information content (AvgIpc) is 2.85. The number of aliphatic hydroxyl groups is 1. The van der Waals surface area contributed by atoms with Crippen molar-refractivity contribution in [2.45, 2.75) is 70.7 Å². The molecule has 2 heteroatoms. The number of Topliss-reactive ketones (excluding diaryl/α,β-unsaturated/α-hetero) is 1. The molecule has 0 saturated heterocycles. The van der Waals surface area contributed by atoms with E-state index in [1.54, 1.807) is 0 Å². The van der Waals surface area contributed by atoms with Gasteiger partial charge in [0, 0.05) is 22.4 Å². The van der Waals surface area contributed by atoms with Gasteiger partial charge in [-0.1, -0.05) is 30.8 Å². The summed E-state index contributed by atoms with van der Waals surface area (Å²) in [5.41, 5.74) is 0.944. The van der Waals surface area contributed by atoms with E-state index in [0.717, 1.165) is 31.3 Å². The number of carbonyl (C=O) groups is 1. The van der Waals surface area contributed by atoms with Gasteiger partial charge in [-0.15, -0.1) is 6.42 Å². The Hall–Kier alpha value is -1.07. The standard InChI is InChI=1S/C21H28O2/c1-4-21(23)10-8-18-19-13(2)11-14-12-15(22)5-6-16(14)17(19)7-9-20(18,21)3/h1,13,17-19,23H,5-12H2,2-3H3/t13-,17-,18+,19-,20+,21+/m1/s1/i2+1D3. The van der Waals surface area contributed by atoms with Crippen LogP contribution in [-0.4, -0.2) is 16.5 Å². The van der Waals surface area contributed by atoms with Gasteiger partial charge in [-0.2, -0.15) is 0 Å². The zero-order valence-electron chi connectivity index (χ0n) is 16.9. The minimum atomic E-state index is -2.04. The van der Waals surface area contributed by atoms with Crippen LogP contribution in [0.3, 0.4) is 0 Å². The van der Waals surface area contributed by atoms with E-state index in [9.17, 15) is 9.90 Å². The highest BCUT2D eigenvalue weighted by Crippen LogP contribution is 2.65. The highest BCUT2D eigenvalue weighted by atomic mass is 16.3. The summed E-state index contributed by atoms with van der Waals surface area (Å²) in [6, 6.07) is 0. The largest absolute Gasteiger partial charge is 0.377 e. The van der Waals surface area contributed by atoms with Crippen LogP contribution in [-0.2, 0) is 4.79 Å². The summed E-state index contributed by atoms with van der Waals surface area (Å²) in [5.74, 6) is 2.89. The lowest BCUT2D eigenvalue weighted by Crippen LogP contribution is -2.52. The normalized spacial score (nSPS) is 51.7. The number of allylic oxidation sites excluding steroid dienone is 2. The molecule has 124 valence electrons. The van der Waals surface area contributed by atoms with Crippen molar-refractivity contribution < 1.29 is 14.0 Å². The predicted octanol–water partition coefficient (Wildman–Crippen LogP) is 3.88. The van der Waals surface area contributed by atoms with Gasteiger partial charge in [0.2, 0.25) is 0 Å². The third kappa shape index (κ3) is 1.96. The SMILES string of the molecule is [2H][13C]([2H])([2H])[C@@H]1CC2=C(CCC(=O)C2)[C@H]2CC[C@@]3(C)[C@@H](CC[C@@]3(O)C#C)[C@@H]21. The molecule has 4 aliphatic rings.